The topological polar surface area (TPSA) is 17.1 Å². The molecule has 0 saturated carbocycles. The van der Waals surface area contributed by atoms with Crippen LogP contribution in [0.15, 0.2) is 84.4 Å². The van der Waals surface area contributed by atoms with Crippen molar-refractivity contribution in [3.63, 3.8) is 0 Å². The molecule has 0 N–H and O–H groups in total. The molecule has 1 heteroatoms. The van der Waals surface area contributed by atoms with Crippen LogP contribution in [-0.4, -0.2) is 5.78 Å². The SMILES string of the molecule is Cc1ccc(/C=C2/C(=O)c3ccccc3[C@@H]2c2ccccc2)cc1. The molecule has 4 rings (SSSR count). The first-order valence-electron chi connectivity index (χ1n) is 8.21. The van der Waals surface area contributed by atoms with Crippen molar-refractivity contribution >= 4 is 11.9 Å². The highest BCUT2D eigenvalue weighted by Gasteiger charge is 2.34. The largest absolute Gasteiger partial charge is 0.289 e. The van der Waals surface area contributed by atoms with Crippen molar-refractivity contribution in [1.82, 2.24) is 0 Å². The Morgan fingerprint density at radius 2 is 1.46 bits per heavy atom. The number of Topliss-reactive ketones (excluding diaryl/α,β-unsaturated/α-hetero) is 1. The number of carbonyl (C=O) groups is 1. The number of hydrogen-bond donors (Lipinski definition) is 0. The van der Waals surface area contributed by atoms with E-state index in [-0.39, 0.29) is 11.7 Å². The van der Waals surface area contributed by atoms with Gasteiger partial charge in [0, 0.05) is 17.1 Å². The van der Waals surface area contributed by atoms with Crippen molar-refractivity contribution in [2.75, 3.05) is 0 Å². The van der Waals surface area contributed by atoms with Crippen LogP contribution in [0.1, 0.15) is 38.5 Å². The van der Waals surface area contributed by atoms with E-state index in [2.05, 4.69) is 49.4 Å². The fourth-order valence-electron chi connectivity index (χ4n) is 3.41. The molecule has 3 aromatic carbocycles. The fraction of sp³-hybridized carbons (Fsp3) is 0.0870. The Balaban J connectivity index is 1.88. The van der Waals surface area contributed by atoms with Crippen LogP contribution >= 0.6 is 0 Å². The molecule has 0 heterocycles. The molecule has 0 radical (unpaired) electrons. The van der Waals surface area contributed by atoms with Crippen molar-refractivity contribution in [3.8, 4) is 0 Å². The fourth-order valence-corrected chi connectivity index (χ4v) is 3.41. The van der Waals surface area contributed by atoms with Crippen molar-refractivity contribution in [2.45, 2.75) is 12.8 Å². The predicted molar refractivity (Wildman–Crippen MR) is 98.2 cm³/mol. The molecule has 0 aromatic heterocycles. The molecule has 0 bridgehead atoms. The van der Waals surface area contributed by atoms with E-state index >= 15 is 0 Å². The van der Waals surface area contributed by atoms with E-state index in [9.17, 15) is 4.79 Å². The maximum Gasteiger partial charge on any atom is 0.190 e. The highest BCUT2D eigenvalue weighted by atomic mass is 16.1. The average molecular weight is 310 g/mol. The lowest BCUT2D eigenvalue weighted by atomic mass is 9.89. The van der Waals surface area contributed by atoms with E-state index in [4.69, 9.17) is 0 Å². The van der Waals surface area contributed by atoms with Gasteiger partial charge in [0.2, 0.25) is 0 Å². The number of hydrogen-bond acceptors (Lipinski definition) is 1. The maximum absolute atomic E-state index is 13.0. The smallest absolute Gasteiger partial charge is 0.190 e. The number of fused-ring (bicyclic) bond motifs is 1. The molecule has 1 nitrogen and oxygen atoms in total. The average Bonchev–Trinajstić information content (AvgIpc) is 2.90. The van der Waals surface area contributed by atoms with Crippen molar-refractivity contribution in [1.29, 1.82) is 0 Å². The van der Waals surface area contributed by atoms with Crippen LogP contribution in [0.2, 0.25) is 0 Å². The third-order valence-electron chi connectivity index (χ3n) is 4.62. The predicted octanol–water partition coefficient (Wildman–Crippen LogP) is 5.41. The Bertz CT molecular complexity index is 918. The molecule has 0 fully saturated rings. The lowest BCUT2D eigenvalue weighted by Crippen LogP contribution is -2.02. The van der Waals surface area contributed by atoms with Gasteiger partial charge in [0.25, 0.3) is 0 Å². The van der Waals surface area contributed by atoms with Crippen molar-refractivity contribution in [3.05, 3.63) is 112 Å². The quantitative estimate of drug-likeness (QED) is 0.579. The van der Waals surface area contributed by atoms with Crippen molar-refractivity contribution < 1.29 is 4.79 Å². The zero-order valence-corrected chi connectivity index (χ0v) is 13.6. The molecule has 3 aromatic rings. The van der Waals surface area contributed by atoms with Gasteiger partial charge in [-0.05, 0) is 29.7 Å². The Labute approximate surface area is 142 Å². The first kappa shape index (κ1) is 14.6. The molecule has 0 aliphatic heterocycles. The van der Waals surface area contributed by atoms with Crippen LogP contribution < -0.4 is 0 Å². The van der Waals surface area contributed by atoms with E-state index in [1.165, 1.54) is 5.56 Å². The van der Waals surface area contributed by atoms with Gasteiger partial charge in [-0.2, -0.15) is 0 Å². The van der Waals surface area contributed by atoms with Gasteiger partial charge in [0.15, 0.2) is 5.78 Å². The Kier molecular flexibility index (Phi) is 3.62. The van der Waals surface area contributed by atoms with Gasteiger partial charge in [-0.3, -0.25) is 4.79 Å². The van der Waals surface area contributed by atoms with Gasteiger partial charge < -0.3 is 0 Å². The normalized spacial score (nSPS) is 18.0. The van der Waals surface area contributed by atoms with E-state index in [1.54, 1.807) is 0 Å². The highest BCUT2D eigenvalue weighted by Crippen LogP contribution is 2.42. The summed E-state index contributed by atoms with van der Waals surface area (Å²) in [6.45, 7) is 2.07. The summed E-state index contributed by atoms with van der Waals surface area (Å²) >= 11 is 0. The van der Waals surface area contributed by atoms with E-state index in [0.717, 1.165) is 27.8 Å². The maximum atomic E-state index is 13.0. The van der Waals surface area contributed by atoms with Gasteiger partial charge in [0.05, 0.1) is 0 Å². The zero-order chi connectivity index (χ0) is 16.5. The van der Waals surface area contributed by atoms with Gasteiger partial charge in [-0.15, -0.1) is 0 Å². The molecule has 0 unspecified atom stereocenters. The van der Waals surface area contributed by atoms with Crippen molar-refractivity contribution in [2.24, 2.45) is 0 Å². The number of allylic oxidation sites excluding steroid dienone is 1. The van der Waals surface area contributed by atoms with Gasteiger partial charge in [-0.1, -0.05) is 84.4 Å². The second-order valence-electron chi connectivity index (χ2n) is 6.27. The third-order valence-corrected chi connectivity index (χ3v) is 4.62. The molecule has 116 valence electrons. The first-order chi connectivity index (χ1) is 11.7. The minimum absolute atomic E-state index is 0.0104. The molecule has 0 saturated heterocycles. The summed E-state index contributed by atoms with van der Waals surface area (Å²) in [6.07, 6.45) is 2.04. The lowest BCUT2D eigenvalue weighted by Gasteiger charge is -2.13. The number of benzene rings is 3. The molecule has 1 aliphatic rings. The number of rotatable bonds is 2. The Morgan fingerprint density at radius 3 is 2.21 bits per heavy atom. The standard InChI is InChI=1S/C23H18O/c1-16-11-13-17(14-12-16)15-21-22(18-7-3-2-4-8-18)19-9-5-6-10-20(19)23(21)24/h2-15,22H,1H3/b21-15+/t22-/m0/s1. The zero-order valence-electron chi connectivity index (χ0n) is 13.6. The Hall–Kier alpha value is -2.93. The van der Waals surface area contributed by atoms with Gasteiger partial charge in [0.1, 0.15) is 0 Å². The minimum atomic E-state index is 0.0104. The number of carbonyl (C=O) groups excluding carboxylic acids is 1. The first-order valence-corrected chi connectivity index (χ1v) is 8.21. The van der Waals surface area contributed by atoms with E-state index in [1.807, 2.05) is 42.5 Å². The summed E-state index contributed by atoms with van der Waals surface area (Å²) in [5.74, 6) is 0.149. The monoisotopic (exact) mass is 310 g/mol. The molecular formula is C23H18O. The summed E-state index contributed by atoms with van der Waals surface area (Å²) in [7, 11) is 0. The number of ketones is 1. The van der Waals surface area contributed by atoms with Crippen LogP contribution in [0, 0.1) is 6.92 Å². The van der Waals surface area contributed by atoms with E-state index < -0.39 is 0 Å². The third kappa shape index (κ3) is 2.48. The number of aryl methyl sites for hydroxylation is 1. The van der Waals surface area contributed by atoms with Crippen LogP contribution in [-0.2, 0) is 0 Å². The van der Waals surface area contributed by atoms with E-state index in [0.29, 0.717) is 0 Å². The summed E-state index contributed by atoms with van der Waals surface area (Å²) < 4.78 is 0. The molecule has 0 amide bonds. The molecule has 1 aliphatic carbocycles. The van der Waals surface area contributed by atoms with Crippen LogP contribution in [0.25, 0.3) is 6.08 Å². The molecular weight excluding hydrogens is 292 g/mol. The molecule has 0 spiro atoms. The minimum Gasteiger partial charge on any atom is -0.289 e. The summed E-state index contributed by atoms with van der Waals surface area (Å²) in [4.78, 5) is 13.0. The lowest BCUT2D eigenvalue weighted by molar-refractivity contribution is 0.103. The molecule has 24 heavy (non-hydrogen) atoms. The molecule has 1 atom stereocenters. The van der Waals surface area contributed by atoms with Crippen LogP contribution in [0.3, 0.4) is 0 Å². The summed E-state index contributed by atoms with van der Waals surface area (Å²) in [5.41, 5.74) is 6.23. The Morgan fingerprint density at radius 1 is 0.792 bits per heavy atom. The highest BCUT2D eigenvalue weighted by molar-refractivity contribution is 6.17. The van der Waals surface area contributed by atoms with Gasteiger partial charge in [-0.25, -0.2) is 0 Å². The second-order valence-corrected chi connectivity index (χ2v) is 6.27. The van der Waals surface area contributed by atoms with Crippen LogP contribution in [0.5, 0.6) is 0 Å². The summed E-state index contributed by atoms with van der Waals surface area (Å²) in [6, 6.07) is 26.5. The second kappa shape index (κ2) is 5.93. The van der Waals surface area contributed by atoms with Gasteiger partial charge >= 0.3 is 0 Å². The van der Waals surface area contributed by atoms with Crippen LogP contribution in [0.4, 0.5) is 0 Å². The summed E-state index contributed by atoms with van der Waals surface area (Å²) in [5, 5.41) is 0.